The Labute approximate surface area is 833 Å². The Morgan fingerprint density at radius 3 is 0.963 bits per heavy atom. The number of furan rings is 1. The molecule has 24 heteroatoms. The maximum absolute atomic E-state index is 4.87. The van der Waals surface area contributed by atoms with E-state index in [-0.39, 0.29) is 0 Å². The minimum Gasteiger partial charge on any atom is -0.473 e. The number of hydrogen-bond acceptors (Lipinski definition) is 24. The molecule has 0 atom stereocenters. The number of nitrogens with zero attached hydrogens (tertiary/aromatic N) is 15. The second-order valence-corrected chi connectivity index (χ2v) is 39.6. The Kier molecular flexibility index (Phi) is 105. The average Bonchev–Trinajstić information content (AvgIpc) is 1.82. The van der Waals surface area contributed by atoms with E-state index in [0.717, 1.165) is 86.5 Å². The Hall–Kier alpha value is -11.0. The van der Waals surface area contributed by atoms with Crippen LogP contribution >= 0.6 is 45.5 Å². The fourth-order valence-corrected chi connectivity index (χ4v) is 7.86. The summed E-state index contributed by atoms with van der Waals surface area (Å²) in [6.07, 6.45) is 26.9. The van der Waals surface area contributed by atoms with Gasteiger partial charge >= 0.3 is 0 Å². The van der Waals surface area contributed by atoms with Gasteiger partial charge in [-0.2, -0.15) is 15.7 Å². The molecule has 0 fully saturated rings. The molecule has 0 spiro atoms. The summed E-state index contributed by atoms with van der Waals surface area (Å²) < 4.78 is 26.1. The molecule has 0 saturated heterocycles. The minimum absolute atomic E-state index is 0.345. The van der Waals surface area contributed by atoms with E-state index < -0.39 is 0 Å². The first kappa shape index (κ1) is 137. The van der Waals surface area contributed by atoms with E-state index in [1.807, 2.05) is 146 Å². The predicted octanol–water partition coefficient (Wildman–Crippen LogP) is 36.2. The van der Waals surface area contributed by atoms with Gasteiger partial charge in [0.15, 0.2) is 12.7 Å². The summed E-state index contributed by atoms with van der Waals surface area (Å²) in [5, 5.41) is 35.9. The van der Waals surface area contributed by atoms with Crippen molar-refractivity contribution in [2.24, 2.45) is 65.1 Å². The Morgan fingerprint density at radius 2 is 0.711 bits per heavy atom. The van der Waals surface area contributed by atoms with Gasteiger partial charge in [-0.15, -0.1) is 43.1 Å². The number of hydrogen-bond donors (Lipinski definition) is 0. The molecule has 12 heterocycles. The highest BCUT2D eigenvalue weighted by Crippen LogP contribution is 2.15. The van der Waals surface area contributed by atoms with Crippen LogP contribution in [0, 0.1) is 65.1 Å². The van der Waals surface area contributed by atoms with Crippen LogP contribution in [0.2, 0.25) is 0 Å². The van der Waals surface area contributed by atoms with Crippen molar-refractivity contribution >= 4 is 88.9 Å². The summed E-state index contributed by atoms with van der Waals surface area (Å²) in [6, 6.07) is 56.3. The highest BCUT2D eigenvalue weighted by atomic mass is 32.1. The van der Waals surface area contributed by atoms with Crippen LogP contribution in [-0.4, -0.2) is 75.0 Å². The van der Waals surface area contributed by atoms with Gasteiger partial charge in [0.05, 0.1) is 41.5 Å². The van der Waals surface area contributed by atoms with Gasteiger partial charge in [0, 0.05) is 59.0 Å². The molecule has 0 saturated carbocycles. The molecular weight excluding hydrogens is 1750 g/mol. The standard InChI is InChI=1S/C10H8.2C9H7N.C8H6N2.C5H8N2O.C5H8N2S.C4H4O.C4H4S.11C4H10.2C3H3NO.C3H3NS.C2H2N2O.C2H2N2S/c1-2-6-10-8-4-3-7-9(10)5-1;1-2-6-9-8(4-1)5-3-7-10-9;1-2-4-9-7-10-6-5-8(9)3-1;1-2-4-8-7(3-1)5-9-6-10-8;2*1-4(2)5-7-6-3-8-5;2*1-2-4-5-3-1;11*1-4(2)3;1-2-5-3-4-1;1-2-4-5-3-1;1-2-5-3-4-1;2*1-3-2-5-4-1/h1-8H;2*1-7H;1-6H;2*3-4H,1-2H3;2*1-4H;11*4H,1-3H3;3*1-3H;2*1-2H. The van der Waals surface area contributed by atoms with Gasteiger partial charge < -0.3 is 22.3 Å². The van der Waals surface area contributed by atoms with Crippen LogP contribution in [0.1, 0.15) is 279 Å². The summed E-state index contributed by atoms with van der Waals surface area (Å²) in [7, 11) is 0. The third kappa shape index (κ3) is 129. The van der Waals surface area contributed by atoms with Gasteiger partial charge in [-0.05, 0) is 151 Å². The molecule has 0 amide bonds. The Morgan fingerprint density at radius 1 is 0.259 bits per heavy atom. The van der Waals surface area contributed by atoms with Crippen LogP contribution in [0.25, 0.3) is 43.4 Å². The monoisotopic (exact) mass is 1930 g/mol. The fraction of sp³-hybridized carbons (Fsp3) is 0.450. The molecule has 0 bridgehead atoms. The van der Waals surface area contributed by atoms with Crippen LogP contribution < -0.4 is 0 Å². The Balaban J connectivity index is -0.000000256. The molecule has 12 aromatic heterocycles. The summed E-state index contributed by atoms with van der Waals surface area (Å²) >= 11 is 6.28. The summed E-state index contributed by atoms with van der Waals surface area (Å²) in [5.74, 6) is 10.7. The van der Waals surface area contributed by atoms with E-state index in [4.69, 9.17) is 4.42 Å². The number of pyridine rings is 2. The van der Waals surface area contributed by atoms with Crippen molar-refractivity contribution in [3.8, 4) is 0 Å². The van der Waals surface area contributed by atoms with Crippen LogP contribution in [0.4, 0.5) is 0 Å². The second kappa shape index (κ2) is 103. The molecule has 17 rings (SSSR count). The molecule has 5 aromatic carbocycles. The normalized spacial score (nSPS) is 9.20. The zero-order valence-electron chi connectivity index (χ0n) is 89.3. The lowest BCUT2D eigenvalue weighted by molar-refractivity contribution is 0.416. The number of oxazole rings is 1. The van der Waals surface area contributed by atoms with Crippen LogP contribution in [0.3, 0.4) is 0 Å². The molecule has 135 heavy (non-hydrogen) atoms. The van der Waals surface area contributed by atoms with E-state index in [2.05, 4.69) is 408 Å². The van der Waals surface area contributed by atoms with Gasteiger partial charge in [0.1, 0.15) is 41.2 Å². The zero-order valence-corrected chi connectivity index (χ0v) is 92.6. The van der Waals surface area contributed by atoms with Gasteiger partial charge in [-0.3, -0.25) is 15.0 Å². The van der Waals surface area contributed by atoms with Crippen molar-refractivity contribution < 1.29 is 22.3 Å². The number of thiophene rings is 1. The van der Waals surface area contributed by atoms with Crippen LogP contribution in [-0.2, 0) is 0 Å². The fourth-order valence-electron chi connectivity index (χ4n) is 6.22. The van der Waals surface area contributed by atoms with Crippen molar-refractivity contribution in [1.82, 2.24) is 75.0 Å². The number of benzene rings is 5. The van der Waals surface area contributed by atoms with Crippen LogP contribution in [0.15, 0.2) is 331 Å². The average molecular weight is 1930 g/mol. The number of fused-ring (bicyclic) bond motifs is 4. The highest BCUT2D eigenvalue weighted by Gasteiger charge is 2.02. The maximum atomic E-state index is 4.87. The molecular formula is C111H175N15O5S4. The highest BCUT2D eigenvalue weighted by molar-refractivity contribution is 7.09. The van der Waals surface area contributed by atoms with E-state index in [1.165, 1.54) is 82.8 Å². The lowest BCUT2D eigenvalue weighted by Crippen LogP contribution is -1.85. The summed E-state index contributed by atoms with van der Waals surface area (Å²) in [5.41, 5.74) is 7.29. The van der Waals surface area contributed by atoms with Crippen LogP contribution in [0.5, 0.6) is 0 Å². The smallest absolute Gasteiger partial charge is 0.218 e. The first-order valence-electron chi connectivity index (χ1n) is 46.5. The number of thiazole rings is 1. The molecule has 0 unspecified atom stereocenters. The molecule has 0 aliphatic carbocycles. The third-order valence-electron chi connectivity index (χ3n) is 10.3. The molecule has 0 aliphatic heterocycles. The van der Waals surface area contributed by atoms with Crippen molar-refractivity contribution in [2.45, 2.75) is 268 Å². The summed E-state index contributed by atoms with van der Waals surface area (Å²) in [6.45, 7) is 79.7. The van der Waals surface area contributed by atoms with E-state index in [1.54, 1.807) is 94.1 Å². The lowest BCUT2D eigenvalue weighted by Gasteiger charge is -1.92. The second-order valence-electron chi connectivity index (χ2n) is 36.6. The Bertz CT molecular complexity index is 3690. The van der Waals surface area contributed by atoms with Gasteiger partial charge in [-0.25, -0.2) is 24.9 Å². The summed E-state index contributed by atoms with van der Waals surface area (Å²) in [4.78, 5) is 30.5. The first-order chi connectivity index (χ1) is 64.0. The zero-order chi connectivity index (χ0) is 103. The number of para-hydroxylation sites is 2. The third-order valence-corrected chi connectivity index (χ3v) is 12.9. The largest absolute Gasteiger partial charge is 0.473 e. The minimum atomic E-state index is 0.345. The first-order valence-corrected chi connectivity index (χ1v) is 50.1. The van der Waals surface area contributed by atoms with E-state index in [0.29, 0.717) is 17.7 Å². The topological polar surface area (TPSA) is 259 Å². The molecule has 0 N–H and O–H groups in total. The maximum Gasteiger partial charge on any atom is 0.218 e. The predicted molar refractivity (Wildman–Crippen MR) is 587 cm³/mol. The molecule has 17 aromatic rings. The molecule has 20 nitrogen and oxygen atoms in total. The van der Waals surface area contributed by atoms with E-state index >= 15 is 0 Å². The van der Waals surface area contributed by atoms with E-state index in [9.17, 15) is 0 Å². The van der Waals surface area contributed by atoms with Crippen molar-refractivity contribution in [1.29, 1.82) is 0 Å². The molecule has 748 valence electrons. The van der Waals surface area contributed by atoms with Crippen molar-refractivity contribution in [2.75, 3.05) is 0 Å². The van der Waals surface area contributed by atoms with Crippen molar-refractivity contribution in [3.05, 3.63) is 320 Å². The van der Waals surface area contributed by atoms with Gasteiger partial charge in [0.2, 0.25) is 18.7 Å². The molecule has 0 aliphatic rings. The van der Waals surface area contributed by atoms with Gasteiger partial charge in [0.25, 0.3) is 0 Å². The van der Waals surface area contributed by atoms with Gasteiger partial charge in [-0.1, -0.05) is 394 Å². The lowest BCUT2D eigenvalue weighted by atomic mass is 10.1. The molecule has 0 radical (unpaired) electrons. The number of rotatable bonds is 2. The SMILES string of the molecule is CC(C)C.CC(C)C.CC(C)C.CC(C)C.CC(C)C.CC(C)C.CC(C)C.CC(C)C.CC(C)C.CC(C)C.CC(C)C.CC(C)c1nnco1.CC(C)c1nncs1.c1ccc2ccccc2c1.c1ccc2cnccc2c1.c1ccc2ncccc2c1.c1ccc2ncncc2c1.c1ccoc1.c1ccsc1.c1cnoc1.c1cocn1.c1cscn1.c1ncon1.c1ncsn1. The van der Waals surface area contributed by atoms with Crippen molar-refractivity contribution in [3.63, 3.8) is 0 Å². The number of aromatic nitrogens is 15. The quantitative estimate of drug-likeness (QED) is 0.156.